The van der Waals surface area contributed by atoms with Gasteiger partial charge in [-0.3, -0.25) is 4.79 Å². The standard InChI is InChI=1S/C4H3ClN2O.Na/c5-3-1-2-4(8)7-6-3;/h1-2H,(H,7,8);/q;+1. The molecule has 0 radical (unpaired) electrons. The molecule has 5 heteroatoms. The van der Waals surface area contributed by atoms with Crippen LogP contribution in [-0.2, 0) is 0 Å². The van der Waals surface area contributed by atoms with Gasteiger partial charge in [-0.2, -0.15) is 5.10 Å². The van der Waals surface area contributed by atoms with E-state index in [1.807, 2.05) is 0 Å². The molecule has 0 bridgehead atoms. The van der Waals surface area contributed by atoms with Crippen LogP contribution < -0.4 is 35.1 Å². The average molecular weight is 154 g/mol. The SMILES string of the molecule is O=c1ccc(Cl)n[nH]1.[Na+]. The second kappa shape index (κ2) is 4.06. The van der Waals surface area contributed by atoms with Crippen LogP contribution >= 0.6 is 11.6 Å². The van der Waals surface area contributed by atoms with E-state index in [1.54, 1.807) is 0 Å². The smallest absolute Gasteiger partial charge is 0.268 e. The molecular weight excluding hydrogens is 150 g/mol. The normalized spacial score (nSPS) is 8.11. The number of nitrogens with one attached hydrogen (secondary N) is 1. The third-order valence-corrected chi connectivity index (χ3v) is 0.856. The van der Waals surface area contributed by atoms with Crippen LogP contribution in [0, 0.1) is 0 Å². The van der Waals surface area contributed by atoms with Gasteiger partial charge in [0.25, 0.3) is 5.56 Å². The van der Waals surface area contributed by atoms with Crippen molar-refractivity contribution in [3.8, 4) is 0 Å². The summed E-state index contributed by atoms with van der Waals surface area (Å²) in [5.74, 6) is 0. The summed E-state index contributed by atoms with van der Waals surface area (Å²) in [5.41, 5.74) is -0.241. The van der Waals surface area contributed by atoms with E-state index in [-0.39, 0.29) is 35.1 Å². The van der Waals surface area contributed by atoms with Crippen molar-refractivity contribution in [3.05, 3.63) is 27.6 Å². The summed E-state index contributed by atoms with van der Waals surface area (Å²) in [5, 5.41) is 5.86. The summed E-state index contributed by atoms with van der Waals surface area (Å²) in [6, 6.07) is 2.75. The molecule has 0 amide bonds. The number of nitrogens with zero attached hydrogens (tertiary/aromatic N) is 1. The van der Waals surface area contributed by atoms with Crippen molar-refractivity contribution in [3.63, 3.8) is 0 Å². The average Bonchev–Trinajstić information content (AvgIpc) is 1.77. The Balaban J connectivity index is 0.000000640. The van der Waals surface area contributed by atoms with Crippen LogP contribution in [0.15, 0.2) is 16.9 Å². The van der Waals surface area contributed by atoms with E-state index >= 15 is 0 Å². The van der Waals surface area contributed by atoms with E-state index in [2.05, 4.69) is 10.2 Å². The summed E-state index contributed by atoms with van der Waals surface area (Å²) < 4.78 is 0. The second-order valence-electron chi connectivity index (χ2n) is 1.24. The van der Waals surface area contributed by atoms with Crippen LogP contribution in [0.4, 0.5) is 0 Å². The quantitative estimate of drug-likeness (QED) is 0.417. The number of hydrogen-bond acceptors (Lipinski definition) is 2. The van der Waals surface area contributed by atoms with Crippen molar-refractivity contribution in [1.82, 2.24) is 10.2 Å². The molecule has 1 rings (SSSR count). The summed E-state index contributed by atoms with van der Waals surface area (Å²) in [4.78, 5) is 10.2. The van der Waals surface area contributed by atoms with Crippen molar-refractivity contribution in [2.45, 2.75) is 0 Å². The Morgan fingerprint density at radius 1 is 1.56 bits per heavy atom. The molecule has 0 aliphatic carbocycles. The van der Waals surface area contributed by atoms with Crippen molar-refractivity contribution >= 4 is 11.6 Å². The molecule has 0 spiro atoms. The van der Waals surface area contributed by atoms with Gasteiger partial charge in [-0.05, 0) is 6.07 Å². The fraction of sp³-hybridized carbons (Fsp3) is 0. The first-order valence-corrected chi connectivity index (χ1v) is 2.38. The van der Waals surface area contributed by atoms with Crippen molar-refractivity contribution in [2.24, 2.45) is 0 Å². The van der Waals surface area contributed by atoms with Gasteiger partial charge in [0.2, 0.25) is 0 Å². The molecule has 3 nitrogen and oxygen atoms in total. The molecular formula is C4H3ClN2NaO+. The zero-order valence-corrected chi connectivity index (χ0v) is 7.64. The van der Waals surface area contributed by atoms with Crippen LogP contribution in [0.1, 0.15) is 0 Å². The Morgan fingerprint density at radius 3 is 2.56 bits per heavy atom. The molecule has 0 aromatic carbocycles. The van der Waals surface area contributed by atoms with Gasteiger partial charge in [-0.1, -0.05) is 11.6 Å². The van der Waals surface area contributed by atoms with E-state index in [0.29, 0.717) is 5.15 Å². The fourth-order valence-electron chi connectivity index (χ4n) is 0.327. The van der Waals surface area contributed by atoms with Gasteiger partial charge in [0.15, 0.2) is 0 Å². The van der Waals surface area contributed by atoms with E-state index < -0.39 is 0 Å². The first-order chi connectivity index (χ1) is 3.79. The van der Waals surface area contributed by atoms with Crippen molar-refractivity contribution < 1.29 is 29.6 Å². The van der Waals surface area contributed by atoms with Crippen molar-refractivity contribution in [1.29, 1.82) is 0 Å². The molecule has 0 fully saturated rings. The molecule has 0 atom stereocenters. The zero-order valence-electron chi connectivity index (χ0n) is 4.89. The Labute approximate surface area is 78.7 Å². The predicted octanol–water partition coefficient (Wildman–Crippen LogP) is -2.57. The maximum Gasteiger partial charge on any atom is 1.00 e. The summed E-state index contributed by atoms with van der Waals surface area (Å²) in [7, 11) is 0. The molecule has 0 aliphatic heterocycles. The molecule has 1 aromatic heterocycles. The van der Waals surface area contributed by atoms with Gasteiger partial charge in [-0.15, -0.1) is 0 Å². The first-order valence-electron chi connectivity index (χ1n) is 2.00. The second-order valence-corrected chi connectivity index (χ2v) is 1.63. The largest absolute Gasteiger partial charge is 1.00 e. The van der Waals surface area contributed by atoms with Crippen LogP contribution in [0.3, 0.4) is 0 Å². The molecule has 9 heavy (non-hydrogen) atoms. The van der Waals surface area contributed by atoms with Crippen LogP contribution in [0.2, 0.25) is 5.15 Å². The monoisotopic (exact) mass is 153 g/mol. The topological polar surface area (TPSA) is 45.8 Å². The number of H-pyrrole nitrogens is 1. The molecule has 1 heterocycles. The Hall–Kier alpha value is 0.170. The summed E-state index contributed by atoms with van der Waals surface area (Å²) >= 11 is 5.33. The minimum Gasteiger partial charge on any atom is -0.268 e. The third kappa shape index (κ3) is 3.01. The molecule has 42 valence electrons. The number of rotatable bonds is 0. The first kappa shape index (κ1) is 9.17. The number of hydrogen-bond donors (Lipinski definition) is 1. The minimum atomic E-state index is -0.241. The number of halogens is 1. The Bertz CT molecular complexity index is 216. The van der Waals surface area contributed by atoms with E-state index in [1.165, 1.54) is 12.1 Å². The van der Waals surface area contributed by atoms with Gasteiger partial charge >= 0.3 is 29.6 Å². The molecule has 0 saturated heterocycles. The maximum atomic E-state index is 10.2. The van der Waals surface area contributed by atoms with Crippen LogP contribution in [0.25, 0.3) is 0 Å². The number of aromatic nitrogens is 2. The van der Waals surface area contributed by atoms with Crippen LogP contribution in [-0.4, -0.2) is 10.2 Å². The van der Waals surface area contributed by atoms with Gasteiger partial charge in [0.05, 0.1) is 0 Å². The summed E-state index contributed by atoms with van der Waals surface area (Å²) in [6.45, 7) is 0. The van der Waals surface area contributed by atoms with Gasteiger partial charge in [0.1, 0.15) is 5.15 Å². The Morgan fingerprint density at radius 2 is 2.22 bits per heavy atom. The molecule has 0 unspecified atom stereocenters. The van der Waals surface area contributed by atoms with E-state index in [4.69, 9.17) is 11.6 Å². The Kier molecular flexibility index (Phi) is 4.14. The maximum absolute atomic E-state index is 10.2. The predicted molar refractivity (Wildman–Crippen MR) is 29.9 cm³/mol. The summed E-state index contributed by atoms with van der Waals surface area (Å²) in [6.07, 6.45) is 0. The molecule has 0 aliphatic rings. The molecule has 1 aromatic rings. The van der Waals surface area contributed by atoms with Crippen molar-refractivity contribution in [2.75, 3.05) is 0 Å². The minimum absolute atomic E-state index is 0. The molecule has 1 N–H and O–H groups in total. The fourth-order valence-corrected chi connectivity index (χ4v) is 0.433. The van der Waals surface area contributed by atoms with Crippen LogP contribution in [0.5, 0.6) is 0 Å². The zero-order chi connectivity index (χ0) is 5.98. The van der Waals surface area contributed by atoms with E-state index in [0.717, 1.165) is 0 Å². The van der Waals surface area contributed by atoms with Gasteiger partial charge in [0, 0.05) is 6.07 Å². The number of aromatic amines is 1. The van der Waals surface area contributed by atoms with Gasteiger partial charge in [-0.25, -0.2) is 5.10 Å². The van der Waals surface area contributed by atoms with Gasteiger partial charge < -0.3 is 0 Å². The molecule has 0 saturated carbocycles. The third-order valence-electron chi connectivity index (χ3n) is 0.645. The van der Waals surface area contributed by atoms with E-state index in [9.17, 15) is 4.79 Å².